The smallest absolute Gasteiger partial charge is 0.413 e. The number of rotatable bonds is 12. The highest BCUT2D eigenvalue weighted by atomic mass is 16.6. The molecule has 0 aliphatic rings. The Hall–Kier alpha value is -2.78. The van der Waals surface area contributed by atoms with Gasteiger partial charge in [-0.3, -0.25) is 19.9 Å². The molecule has 0 aromatic carbocycles. The Labute approximate surface area is 185 Å². The van der Waals surface area contributed by atoms with Crippen molar-refractivity contribution in [1.29, 1.82) is 0 Å². The number of carbonyl (C=O) groups excluding carboxylic acids is 1. The van der Waals surface area contributed by atoms with Gasteiger partial charge in [-0.1, -0.05) is 20.4 Å². The summed E-state index contributed by atoms with van der Waals surface area (Å²) in [4.78, 5) is 36.3. The number of ether oxygens (including phenoxy) is 1. The van der Waals surface area contributed by atoms with E-state index >= 15 is 0 Å². The maximum Gasteiger partial charge on any atom is 0.413 e. The van der Waals surface area contributed by atoms with Gasteiger partial charge in [0.15, 0.2) is 0 Å². The van der Waals surface area contributed by atoms with Crippen molar-refractivity contribution in [3.05, 3.63) is 12.4 Å². The monoisotopic (exact) mass is 444 g/mol. The Kier molecular flexibility index (Phi) is 15.7. The summed E-state index contributed by atoms with van der Waals surface area (Å²) in [6.07, 6.45) is 2.13. The highest BCUT2D eigenvalue weighted by molar-refractivity contribution is 5.77. The SMILES string of the molecule is C=C(NCCC[C@@H](C)C(=O)O)NC(=O)OC(C)(C)C.CC(N)=NCCC[C@@H](C)C(=O)O. The molecular weight excluding hydrogens is 404 g/mol. The first-order chi connectivity index (χ1) is 14.2. The average molecular weight is 445 g/mol. The van der Waals surface area contributed by atoms with Gasteiger partial charge in [0.05, 0.1) is 17.7 Å². The number of aliphatic carboxylic acids is 2. The highest BCUT2D eigenvalue weighted by Crippen LogP contribution is 2.07. The minimum atomic E-state index is -0.800. The predicted molar refractivity (Wildman–Crippen MR) is 121 cm³/mol. The van der Waals surface area contributed by atoms with Crippen LogP contribution in [0.3, 0.4) is 0 Å². The summed E-state index contributed by atoms with van der Waals surface area (Å²) >= 11 is 0. The Balaban J connectivity index is 0. The summed E-state index contributed by atoms with van der Waals surface area (Å²) in [5, 5.41) is 22.6. The van der Waals surface area contributed by atoms with Crippen molar-refractivity contribution in [3.63, 3.8) is 0 Å². The minimum Gasteiger partial charge on any atom is -0.481 e. The van der Waals surface area contributed by atoms with Gasteiger partial charge in [-0.05, 0) is 53.4 Å². The number of hydrogen-bond donors (Lipinski definition) is 5. The largest absolute Gasteiger partial charge is 0.481 e. The summed E-state index contributed by atoms with van der Waals surface area (Å²) in [7, 11) is 0. The van der Waals surface area contributed by atoms with Gasteiger partial charge >= 0.3 is 18.0 Å². The summed E-state index contributed by atoms with van der Waals surface area (Å²) in [5.74, 6) is -1.29. The van der Waals surface area contributed by atoms with Crippen LogP contribution in [0.4, 0.5) is 4.79 Å². The molecule has 0 heterocycles. The molecule has 1 amide bonds. The van der Waals surface area contributed by atoms with E-state index in [1.807, 2.05) is 0 Å². The van der Waals surface area contributed by atoms with Crippen LogP contribution in [0.1, 0.15) is 67.2 Å². The third kappa shape index (κ3) is 21.7. The van der Waals surface area contributed by atoms with Gasteiger partial charge in [0, 0.05) is 13.1 Å². The number of carboxylic acid groups (broad SMARTS) is 2. The molecule has 0 radical (unpaired) electrons. The van der Waals surface area contributed by atoms with E-state index in [0.717, 1.165) is 6.42 Å². The van der Waals surface area contributed by atoms with E-state index in [1.54, 1.807) is 41.5 Å². The zero-order chi connectivity index (χ0) is 24.6. The summed E-state index contributed by atoms with van der Waals surface area (Å²) in [6.45, 7) is 15.2. The Bertz CT molecular complexity index is 609. The Morgan fingerprint density at radius 3 is 1.97 bits per heavy atom. The van der Waals surface area contributed by atoms with Crippen molar-refractivity contribution in [2.75, 3.05) is 13.1 Å². The first-order valence-corrected chi connectivity index (χ1v) is 10.3. The van der Waals surface area contributed by atoms with E-state index in [2.05, 4.69) is 22.2 Å². The van der Waals surface area contributed by atoms with Gasteiger partial charge < -0.3 is 26.0 Å². The van der Waals surface area contributed by atoms with Gasteiger partial charge in [-0.25, -0.2) is 4.79 Å². The molecule has 0 unspecified atom stereocenters. The lowest BCUT2D eigenvalue weighted by atomic mass is 10.1. The molecule has 0 spiro atoms. The second-order valence-electron chi connectivity index (χ2n) is 8.32. The normalized spacial score (nSPS) is 13.2. The van der Waals surface area contributed by atoms with Crippen LogP contribution < -0.4 is 16.4 Å². The predicted octanol–water partition coefficient (Wildman–Crippen LogP) is 2.94. The van der Waals surface area contributed by atoms with E-state index in [-0.39, 0.29) is 11.8 Å². The van der Waals surface area contributed by atoms with Crippen LogP contribution in [0.25, 0.3) is 0 Å². The number of carboxylic acids is 2. The zero-order valence-corrected chi connectivity index (χ0v) is 19.7. The van der Waals surface area contributed by atoms with E-state index in [4.69, 9.17) is 20.7 Å². The van der Waals surface area contributed by atoms with Gasteiger partial charge in [-0.15, -0.1) is 0 Å². The minimum absolute atomic E-state index is 0.279. The topological polar surface area (TPSA) is 163 Å². The Morgan fingerprint density at radius 2 is 1.55 bits per heavy atom. The summed E-state index contributed by atoms with van der Waals surface area (Å²) in [6, 6.07) is 0. The molecule has 2 atom stereocenters. The molecule has 0 aliphatic heterocycles. The maximum atomic E-state index is 11.4. The molecule has 0 fully saturated rings. The number of amides is 1. The van der Waals surface area contributed by atoms with E-state index in [9.17, 15) is 14.4 Å². The molecule has 0 aliphatic carbocycles. The van der Waals surface area contributed by atoms with Crippen LogP contribution in [-0.2, 0) is 14.3 Å². The molecule has 0 rings (SSSR count). The second-order valence-corrected chi connectivity index (χ2v) is 8.32. The molecule has 10 heteroatoms. The number of aliphatic imine (C=N–C) groups is 1. The fourth-order valence-electron chi connectivity index (χ4n) is 2.02. The molecule has 0 saturated heterocycles. The van der Waals surface area contributed by atoms with Crippen molar-refractivity contribution in [1.82, 2.24) is 10.6 Å². The third-order valence-corrected chi connectivity index (χ3v) is 3.80. The zero-order valence-electron chi connectivity index (χ0n) is 19.7. The highest BCUT2D eigenvalue weighted by Gasteiger charge is 2.16. The van der Waals surface area contributed by atoms with E-state index in [1.165, 1.54) is 0 Å². The molecule has 0 aromatic rings. The number of amidine groups is 1. The molecule has 0 saturated carbocycles. The second kappa shape index (κ2) is 16.0. The molecule has 10 nitrogen and oxygen atoms in total. The molecule has 0 aromatic heterocycles. The van der Waals surface area contributed by atoms with Crippen LogP contribution in [0.5, 0.6) is 0 Å². The Morgan fingerprint density at radius 1 is 1.06 bits per heavy atom. The van der Waals surface area contributed by atoms with Gasteiger partial charge in [-0.2, -0.15) is 0 Å². The lowest BCUT2D eigenvalue weighted by molar-refractivity contribution is -0.142. The molecule has 31 heavy (non-hydrogen) atoms. The van der Waals surface area contributed by atoms with Crippen molar-refractivity contribution >= 4 is 23.9 Å². The third-order valence-electron chi connectivity index (χ3n) is 3.80. The standard InChI is InChI=1S/C13H24N2O4.C8H16N2O2/c1-9(11(16)17)7-6-8-14-10(2)15-12(18)19-13(3,4)5;1-6(8(11)12)4-3-5-10-7(2)9/h9,14H,2,6-8H2,1,3-5H3,(H,15,18)(H,16,17);6H,3-5H2,1-2H3,(H2,9,10)(H,11,12)/t9-;6-/m11/s1. The van der Waals surface area contributed by atoms with Gasteiger partial charge in [0.25, 0.3) is 0 Å². The van der Waals surface area contributed by atoms with Gasteiger partial charge in [0.2, 0.25) is 0 Å². The van der Waals surface area contributed by atoms with Crippen LogP contribution in [0.15, 0.2) is 17.4 Å². The van der Waals surface area contributed by atoms with Gasteiger partial charge in [0.1, 0.15) is 11.4 Å². The number of hydrogen-bond acceptors (Lipinski definition) is 6. The van der Waals surface area contributed by atoms with Crippen molar-refractivity contribution in [2.45, 2.75) is 72.8 Å². The van der Waals surface area contributed by atoms with Crippen LogP contribution in [-0.4, -0.2) is 52.8 Å². The lowest BCUT2D eigenvalue weighted by Gasteiger charge is -2.20. The summed E-state index contributed by atoms with van der Waals surface area (Å²) in [5.41, 5.74) is 4.75. The van der Waals surface area contributed by atoms with E-state index < -0.39 is 23.6 Å². The van der Waals surface area contributed by atoms with Crippen molar-refractivity contribution in [2.24, 2.45) is 22.6 Å². The number of nitrogens with zero attached hydrogens (tertiary/aromatic N) is 1. The molecule has 6 N–H and O–H groups in total. The molecular formula is C21H40N4O6. The number of carbonyl (C=O) groups is 3. The van der Waals surface area contributed by atoms with Crippen LogP contribution >= 0.6 is 0 Å². The fourth-order valence-corrected chi connectivity index (χ4v) is 2.02. The molecule has 0 bridgehead atoms. The number of alkyl carbamates (subject to hydrolysis) is 1. The first-order valence-electron chi connectivity index (χ1n) is 10.3. The first kappa shape index (κ1) is 30.4. The maximum absolute atomic E-state index is 11.4. The van der Waals surface area contributed by atoms with Crippen molar-refractivity contribution in [3.8, 4) is 0 Å². The molecule has 180 valence electrons. The summed E-state index contributed by atoms with van der Waals surface area (Å²) < 4.78 is 5.06. The number of nitrogens with one attached hydrogen (secondary N) is 2. The van der Waals surface area contributed by atoms with Crippen molar-refractivity contribution < 1.29 is 29.3 Å². The van der Waals surface area contributed by atoms with Crippen LogP contribution in [0.2, 0.25) is 0 Å². The lowest BCUT2D eigenvalue weighted by Crippen LogP contribution is -2.36. The van der Waals surface area contributed by atoms with Crippen LogP contribution in [0, 0.1) is 11.8 Å². The average Bonchev–Trinajstić information content (AvgIpc) is 2.60. The number of nitrogens with two attached hydrogens (primary N) is 1. The fraction of sp³-hybridized carbons (Fsp3) is 0.714. The van der Waals surface area contributed by atoms with E-state index in [0.29, 0.717) is 44.0 Å². The quantitative estimate of drug-likeness (QED) is 0.174.